The predicted molar refractivity (Wildman–Crippen MR) is 61.0 cm³/mol. The second-order valence-corrected chi connectivity index (χ2v) is 3.49. The minimum atomic E-state index is 0.771. The first-order chi connectivity index (χ1) is 7.28. The van der Waals surface area contributed by atoms with Crippen LogP contribution in [0.3, 0.4) is 0 Å². The van der Waals surface area contributed by atoms with Crippen LogP contribution in [0.25, 0.3) is 0 Å². The molecule has 3 heteroatoms. The van der Waals surface area contributed by atoms with E-state index in [-0.39, 0.29) is 0 Å². The largest absolute Gasteiger partial charge is 0.497 e. The number of aromatic amines is 1. The van der Waals surface area contributed by atoms with Crippen molar-refractivity contribution in [2.75, 3.05) is 12.8 Å². The Morgan fingerprint density at radius 3 is 2.87 bits per heavy atom. The Labute approximate surface area is 88.9 Å². The number of hydrogen-bond acceptors (Lipinski definition) is 2. The van der Waals surface area contributed by atoms with Crippen LogP contribution in [-0.2, 0) is 6.42 Å². The van der Waals surface area contributed by atoms with Crippen LogP contribution in [0.2, 0.25) is 0 Å². The van der Waals surface area contributed by atoms with Crippen LogP contribution in [0, 0.1) is 0 Å². The van der Waals surface area contributed by atoms with Crippen molar-refractivity contribution in [3.8, 4) is 5.75 Å². The smallest absolute Gasteiger partial charge is 0.119 e. The van der Waals surface area contributed by atoms with Crippen LogP contribution in [-0.4, -0.2) is 12.1 Å². The average Bonchev–Trinajstić information content (AvgIpc) is 2.64. The Morgan fingerprint density at radius 1 is 1.33 bits per heavy atom. The molecule has 3 nitrogen and oxygen atoms in total. The summed E-state index contributed by atoms with van der Waals surface area (Å²) in [6, 6.07) is 9.96. The molecule has 78 valence electrons. The summed E-state index contributed by atoms with van der Waals surface area (Å²) >= 11 is 0. The van der Waals surface area contributed by atoms with Gasteiger partial charge in [0.1, 0.15) is 5.75 Å². The molecule has 0 atom stereocenters. The topological polar surface area (TPSA) is 51.0 Å². The molecule has 2 rings (SSSR count). The lowest BCUT2D eigenvalue weighted by Gasteiger charge is -2.02. The van der Waals surface area contributed by atoms with Crippen molar-refractivity contribution in [1.82, 2.24) is 4.98 Å². The number of aromatic nitrogens is 1. The van der Waals surface area contributed by atoms with Gasteiger partial charge in [-0.25, -0.2) is 0 Å². The first kappa shape index (κ1) is 9.65. The highest BCUT2D eigenvalue weighted by atomic mass is 16.5. The molecule has 3 N–H and O–H groups in total. The van der Waals surface area contributed by atoms with Crippen molar-refractivity contribution in [2.45, 2.75) is 6.42 Å². The number of nitrogens with two attached hydrogens (primary N) is 1. The fraction of sp³-hybridized carbons (Fsp3) is 0.167. The molecule has 15 heavy (non-hydrogen) atoms. The lowest BCUT2D eigenvalue weighted by atomic mass is 10.1. The summed E-state index contributed by atoms with van der Waals surface area (Å²) in [6.45, 7) is 0. The molecule has 0 fully saturated rings. The monoisotopic (exact) mass is 202 g/mol. The fourth-order valence-electron chi connectivity index (χ4n) is 1.56. The first-order valence-electron chi connectivity index (χ1n) is 4.83. The van der Waals surface area contributed by atoms with E-state index in [1.807, 2.05) is 24.3 Å². The molecule has 0 saturated heterocycles. The molecule has 0 aliphatic rings. The second kappa shape index (κ2) is 4.09. The van der Waals surface area contributed by atoms with Gasteiger partial charge >= 0.3 is 0 Å². The van der Waals surface area contributed by atoms with Gasteiger partial charge < -0.3 is 15.5 Å². The first-order valence-corrected chi connectivity index (χ1v) is 4.83. The highest BCUT2D eigenvalue weighted by Crippen LogP contribution is 2.16. The maximum Gasteiger partial charge on any atom is 0.119 e. The summed E-state index contributed by atoms with van der Waals surface area (Å²) in [5, 5.41) is 0. The molecule has 0 amide bonds. The zero-order chi connectivity index (χ0) is 10.7. The number of benzene rings is 1. The molecule has 0 aliphatic carbocycles. The van der Waals surface area contributed by atoms with Crippen molar-refractivity contribution in [1.29, 1.82) is 0 Å². The summed E-state index contributed by atoms with van der Waals surface area (Å²) in [4.78, 5) is 3.13. The number of ether oxygens (including phenoxy) is 1. The molecule has 0 radical (unpaired) electrons. The third-order valence-corrected chi connectivity index (χ3v) is 2.29. The highest BCUT2D eigenvalue weighted by molar-refractivity contribution is 5.40. The van der Waals surface area contributed by atoms with E-state index in [0.717, 1.165) is 23.6 Å². The zero-order valence-corrected chi connectivity index (χ0v) is 8.66. The summed E-state index contributed by atoms with van der Waals surface area (Å²) < 4.78 is 5.16. The van der Waals surface area contributed by atoms with Gasteiger partial charge in [0.15, 0.2) is 0 Å². The number of anilines is 1. The molecule has 0 unspecified atom stereocenters. The molecule has 0 spiro atoms. The Bertz CT molecular complexity index is 448. The van der Waals surface area contributed by atoms with Crippen LogP contribution in [0.5, 0.6) is 5.75 Å². The SMILES string of the molecule is COc1cccc(Cc2cc(N)c[nH]2)c1. The minimum Gasteiger partial charge on any atom is -0.497 e. The molecule has 2 aromatic rings. The minimum absolute atomic E-state index is 0.771. The van der Waals surface area contributed by atoms with Gasteiger partial charge in [0.05, 0.1) is 7.11 Å². The van der Waals surface area contributed by atoms with E-state index in [2.05, 4.69) is 11.1 Å². The summed E-state index contributed by atoms with van der Waals surface area (Å²) in [5.74, 6) is 0.882. The number of nitrogen functional groups attached to an aromatic ring is 1. The van der Waals surface area contributed by atoms with E-state index in [4.69, 9.17) is 10.5 Å². The lowest BCUT2D eigenvalue weighted by molar-refractivity contribution is 0.414. The zero-order valence-electron chi connectivity index (χ0n) is 8.66. The van der Waals surface area contributed by atoms with Crippen molar-refractivity contribution < 1.29 is 4.74 Å². The Hall–Kier alpha value is -1.90. The van der Waals surface area contributed by atoms with Crippen LogP contribution >= 0.6 is 0 Å². The summed E-state index contributed by atoms with van der Waals surface area (Å²) in [5.41, 5.74) is 8.72. The van der Waals surface area contributed by atoms with E-state index >= 15 is 0 Å². The van der Waals surface area contributed by atoms with E-state index < -0.39 is 0 Å². The Balaban J connectivity index is 2.16. The molecule has 1 aromatic carbocycles. The van der Waals surface area contributed by atoms with E-state index in [0.29, 0.717) is 0 Å². The molecular weight excluding hydrogens is 188 g/mol. The van der Waals surface area contributed by atoms with Crippen molar-refractivity contribution in [3.63, 3.8) is 0 Å². The molecule has 0 bridgehead atoms. The van der Waals surface area contributed by atoms with Crippen molar-refractivity contribution in [3.05, 3.63) is 47.8 Å². The third-order valence-electron chi connectivity index (χ3n) is 2.29. The maximum atomic E-state index is 5.63. The van der Waals surface area contributed by atoms with Crippen molar-refractivity contribution >= 4 is 5.69 Å². The standard InChI is InChI=1S/C12H14N2O/c1-15-12-4-2-3-9(6-12)5-11-7-10(13)8-14-11/h2-4,6-8,14H,5,13H2,1H3. The van der Waals surface area contributed by atoms with Gasteiger partial charge in [-0.1, -0.05) is 12.1 Å². The van der Waals surface area contributed by atoms with Gasteiger partial charge in [-0.2, -0.15) is 0 Å². The van der Waals surface area contributed by atoms with E-state index in [1.54, 1.807) is 13.3 Å². The van der Waals surface area contributed by atoms with Crippen LogP contribution in [0.15, 0.2) is 36.5 Å². The Morgan fingerprint density at radius 2 is 2.20 bits per heavy atom. The number of nitrogens with one attached hydrogen (secondary N) is 1. The molecule has 1 heterocycles. The maximum absolute atomic E-state index is 5.63. The fourth-order valence-corrected chi connectivity index (χ4v) is 1.56. The number of H-pyrrole nitrogens is 1. The number of methoxy groups -OCH3 is 1. The average molecular weight is 202 g/mol. The quantitative estimate of drug-likeness (QED) is 0.801. The highest BCUT2D eigenvalue weighted by Gasteiger charge is 1.99. The normalized spacial score (nSPS) is 10.2. The third kappa shape index (κ3) is 2.31. The molecular formula is C12H14N2O. The van der Waals surface area contributed by atoms with E-state index in [1.165, 1.54) is 5.56 Å². The number of rotatable bonds is 3. The molecule has 0 saturated carbocycles. The van der Waals surface area contributed by atoms with Gasteiger partial charge in [-0.05, 0) is 23.8 Å². The van der Waals surface area contributed by atoms with Gasteiger partial charge in [0, 0.05) is 24.0 Å². The summed E-state index contributed by atoms with van der Waals surface area (Å²) in [7, 11) is 1.67. The van der Waals surface area contributed by atoms with Crippen LogP contribution in [0.1, 0.15) is 11.3 Å². The van der Waals surface area contributed by atoms with Crippen molar-refractivity contribution in [2.24, 2.45) is 0 Å². The van der Waals surface area contributed by atoms with Crippen LogP contribution in [0.4, 0.5) is 5.69 Å². The van der Waals surface area contributed by atoms with Gasteiger partial charge in [0.2, 0.25) is 0 Å². The van der Waals surface area contributed by atoms with Gasteiger partial charge in [-0.15, -0.1) is 0 Å². The predicted octanol–water partition coefficient (Wildman–Crippen LogP) is 2.20. The molecule has 1 aromatic heterocycles. The summed E-state index contributed by atoms with van der Waals surface area (Å²) in [6.07, 6.45) is 2.64. The van der Waals surface area contributed by atoms with Crippen LogP contribution < -0.4 is 10.5 Å². The Kier molecular flexibility index (Phi) is 2.63. The second-order valence-electron chi connectivity index (χ2n) is 3.49. The number of hydrogen-bond donors (Lipinski definition) is 2. The van der Waals surface area contributed by atoms with Gasteiger partial charge in [0.25, 0.3) is 0 Å². The van der Waals surface area contributed by atoms with Gasteiger partial charge in [-0.3, -0.25) is 0 Å². The lowest BCUT2D eigenvalue weighted by Crippen LogP contribution is -1.89. The molecule has 0 aliphatic heterocycles. The van der Waals surface area contributed by atoms with E-state index in [9.17, 15) is 0 Å².